The molecule has 0 heterocycles. The van der Waals surface area contributed by atoms with Gasteiger partial charge in [-0.2, -0.15) is 0 Å². The van der Waals surface area contributed by atoms with Gasteiger partial charge in [0.25, 0.3) is 0 Å². The molecule has 0 aromatic rings. The average molecular weight is 153 g/mol. The van der Waals surface area contributed by atoms with E-state index in [1.165, 1.54) is 12.1 Å². The third-order valence-electron chi connectivity index (χ3n) is 1.56. The van der Waals surface area contributed by atoms with Gasteiger partial charge in [0.15, 0.2) is 0 Å². The number of nitrogens with zero attached hydrogens (tertiary/aromatic N) is 1. The summed E-state index contributed by atoms with van der Waals surface area (Å²) in [5, 5.41) is 0. The molecule has 1 heteroatoms. The molecule has 0 saturated carbocycles. The van der Waals surface area contributed by atoms with Crippen LogP contribution in [0.15, 0.2) is 17.3 Å². The quantitative estimate of drug-likeness (QED) is 0.549. The number of hydrogen-bond donors (Lipinski definition) is 0. The van der Waals surface area contributed by atoms with Crippen molar-refractivity contribution in [1.29, 1.82) is 0 Å². The molecular formula is C10H19N. The minimum Gasteiger partial charge on any atom is -0.266 e. The lowest BCUT2D eigenvalue weighted by Crippen LogP contribution is -2.05. The largest absolute Gasteiger partial charge is 0.266 e. The molecule has 0 saturated heterocycles. The average Bonchev–Trinajstić information content (AvgIpc) is 1.97. The van der Waals surface area contributed by atoms with Gasteiger partial charge in [-0.05, 0) is 19.3 Å². The van der Waals surface area contributed by atoms with E-state index in [0.717, 1.165) is 6.42 Å². The van der Waals surface area contributed by atoms with Crippen molar-refractivity contribution in [3.05, 3.63) is 12.3 Å². The number of aliphatic imine (C=N–C) groups is 1. The summed E-state index contributed by atoms with van der Waals surface area (Å²) in [6, 6.07) is 0. The SMILES string of the molecule is C/C=C\N=C(/CCC)C(C)C. The maximum Gasteiger partial charge on any atom is 0.0224 e. The molecule has 0 aromatic carbocycles. The van der Waals surface area contributed by atoms with E-state index in [-0.39, 0.29) is 0 Å². The Morgan fingerprint density at radius 3 is 2.45 bits per heavy atom. The lowest BCUT2D eigenvalue weighted by Gasteiger charge is -2.06. The summed E-state index contributed by atoms with van der Waals surface area (Å²) in [4.78, 5) is 4.37. The molecule has 0 aliphatic heterocycles. The molecule has 1 nitrogen and oxygen atoms in total. The van der Waals surface area contributed by atoms with Crippen molar-refractivity contribution in [2.75, 3.05) is 0 Å². The molecular weight excluding hydrogens is 134 g/mol. The monoisotopic (exact) mass is 153 g/mol. The summed E-state index contributed by atoms with van der Waals surface area (Å²) in [5.41, 5.74) is 1.31. The molecule has 0 aliphatic carbocycles. The van der Waals surface area contributed by atoms with Crippen LogP contribution in [0.3, 0.4) is 0 Å². The smallest absolute Gasteiger partial charge is 0.0224 e. The van der Waals surface area contributed by atoms with E-state index < -0.39 is 0 Å². The lowest BCUT2D eigenvalue weighted by molar-refractivity contribution is 0.828. The molecule has 0 atom stereocenters. The first-order valence-corrected chi connectivity index (χ1v) is 4.40. The van der Waals surface area contributed by atoms with E-state index in [1.807, 2.05) is 19.2 Å². The molecule has 0 rings (SSSR count). The van der Waals surface area contributed by atoms with E-state index in [9.17, 15) is 0 Å². The Labute approximate surface area is 70.2 Å². The summed E-state index contributed by atoms with van der Waals surface area (Å²) in [6.45, 7) is 8.57. The Bertz CT molecular complexity index is 143. The van der Waals surface area contributed by atoms with Gasteiger partial charge in [0.2, 0.25) is 0 Å². The minimum absolute atomic E-state index is 0.589. The summed E-state index contributed by atoms with van der Waals surface area (Å²) in [7, 11) is 0. The van der Waals surface area contributed by atoms with Gasteiger partial charge >= 0.3 is 0 Å². The van der Waals surface area contributed by atoms with Gasteiger partial charge in [0.05, 0.1) is 0 Å². The van der Waals surface area contributed by atoms with Gasteiger partial charge in [-0.15, -0.1) is 0 Å². The lowest BCUT2D eigenvalue weighted by atomic mass is 10.0. The highest BCUT2D eigenvalue weighted by atomic mass is 14.7. The van der Waals surface area contributed by atoms with Crippen LogP contribution in [-0.2, 0) is 0 Å². The first-order valence-electron chi connectivity index (χ1n) is 4.40. The zero-order valence-electron chi connectivity index (χ0n) is 8.09. The second-order valence-electron chi connectivity index (χ2n) is 3.01. The van der Waals surface area contributed by atoms with Crippen molar-refractivity contribution in [3.8, 4) is 0 Å². The number of allylic oxidation sites excluding steroid dienone is 1. The van der Waals surface area contributed by atoms with E-state index in [4.69, 9.17) is 0 Å². The molecule has 0 radical (unpaired) electrons. The molecule has 0 spiro atoms. The normalized spacial score (nSPS) is 13.4. The maximum absolute atomic E-state index is 4.37. The zero-order chi connectivity index (χ0) is 8.69. The number of rotatable bonds is 4. The highest BCUT2D eigenvalue weighted by Crippen LogP contribution is 2.04. The fourth-order valence-electron chi connectivity index (χ4n) is 0.929. The maximum atomic E-state index is 4.37. The first-order chi connectivity index (χ1) is 5.22. The van der Waals surface area contributed by atoms with Crippen molar-refractivity contribution in [2.45, 2.75) is 40.5 Å². The van der Waals surface area contributed by atoms with Crippen molar-refractivity contribution < 1.29 is 0 Å². The predicted octanol–water partition coefficient (Wildman–Crippen LogP) is 3.42. The van der Waals surface area contributed by atoms with Gasteiger partial charge in [-0.25, -0.2) is 0 Å². The molecule has 0 aromatic heterocycles. The van der Waals surface area contributed by atoms with Gasteiger partial charge in [-0.3, -0.25) is 4.99 Å². The van der Waals surface area contributed by atoms with Gasteiger partial charge < -0.3 is 0 Å². The molecule has 0 N–H and O–H groups in total. The van der Waals surface area contributed by atoms with E-state index in [2.05, 4.69) is 25.8 Å². The van der Waals surface area contributed by atoms with E-state index >= 15 is 0 Å². The van der Waals surface area contributed by atoms with Crippen LogP contribution in [0.5, 0.6) is 0 Å². The second-order valence-corrected chi connectivity index (χ2v) is 3.01. The van der Waals surface area contributed by atoms with E-state index in [1.54, 1.807) is 0 Å². The molecule has 0 fully saturated rings. The van der Waals surface area contributed by atoms with Gasteiger partial charge in [-0.1, -0.05) is 33.3 Å². The fraction of sp³-hybridized carbons (Fsp3) is 0.700. The first kappa shape index (κ1) is 10.4. The summed E-state index contributed by atoms with van der Waals surface area (Å²) in [5.74, 6) is 0.589. The Morgan fingerprint density at radius 2 is 2.09 bits per heavy atom. The third-order valence-corrected chi connectivity index (χ3v) is 1.56. The fourth-order valence-corrected chi connectivity index (χ4v) is 0.929. The van der Waals surface area contributed by atoms with Crippen LogP contribution in [0, 0.1) is 5.92 Å². The van der Waals surface area contributed by atoms with Crippen LogP contribution in [0.25, 0.3) is 0 Å². The standard InChI is InChI=1S/C10H19N/c1-5-7-10(9(3)4)11-8-6-2/h6,8-9H,5,7H2,1-4H3/b8-6-,11-10+. The van der Waals surface area contributed by atoms with Crippen LogP contribution < -0.4 is 0 Å². The topological polar surface area (TPSA) is 12.4 Å². The molecule has 0 aliphatic rings. The van der Waals surface area contributed by atoms with Crippen molar-refractivity contribution in [3.63, 3.8) is 0 Å². The zero-order valence-corrected chi connectivity index (χ0v) is 8.09. The minimum atomic E-state index is 0.589. The third kappa shape index (κ3) is 4.77. The predicted molar refractivity (Wildman–Crippen MR) is 52.0 cm³/mol. The van der Waals surface area contributed by atoms with Crippen molar-refractivity contribution >= 4 is 5.71 Å². The van der Waals surface area contributed by atoms with Crippen LogP contribution >= 0.6 is 0 Å². The van der Waals surface area contributed by atoms with Crippen LogP contribution in [0.1, 0.15) is 40.5 Å². The summed E-state index contributed by atoms with van der Waals surface area (Å²) >= 11 is 0. The van der Waals surface area contributed by atoms with Crippen LogP contribution in [0.2, 0.25) is 0 Å². The van der Waals surface area contributed by atoms with Crippen molar-refractivity contribution in [1.82, 2.24) is 0 Å². The molecule has 0 amide bonds. The van der Waals surface area contributed by atoms with Crippen LogP contribution in [-0.4, -0.2) is 5.71 Å². The second kappa shape index (κ2) is 6.14. The Kier molecular flexibility index (Phi) is 5.81. The van der Waals surface area contributed by atoms with Gasteiger partial charge in [0, 0.05) is 11.9 Å². The highest BCUT2D eigenvalue weighted by Gasteiger charge is 2.01. The molecule has 0 bridgehead atoms. The molecule has 0 unspecified atom stereocenters. The summed E-state index contributed by atoms with van der Waals surface area (Å²) in [6.07, 6.45) is 6.17. The highest BCUT2D eigenvalue weighted by molar-refractivity contribution is 5.86. The Balaban J connectivity index is 4.08. The molecule has 11 heavy (non-hydrogen) atoms. The van der Waals surface area contributed by atoms with E-state index in [0.29, 0.717) is 5.92 Å². The number of hydrogen-bond acceptors (Lipinski definition) is 1. The van der Waals surface area contributed by atoms with Crippen LogP contribution in [0.4, 0.5) is 0 Å². The Hall–Kier alpha value is -0.590. The van der Waals surface area contributed by atoms with Gasteiger partial charge in [0.1, 0.15) is 0 Å². The Morgan fingerprint density at radius 1 is 1.45 bits per heavy atom. The molecule has 64 valence electrons. The van der Waals surface area contributed by atoms with Crippen molar-refractivity contribution in [2.24, 2.45) is 10.9 Å². The summed E-state index contributed by atoms with van der Waals surface area (Å²) < 4.78 is 0.